The maximum absolute atomic E-state index is 5.78. The van der Waals surface area contributed by atoms with E-state index in [1.807, 2.05) is 13.0 Å². The zero-order valence-corrected chi connectivity index (χ0v) is 13.0. The first kappa shape index (κ1) is 15.4. The Morgan fingerprint density at radius 2 is 2.11 bits per heavy atom. The summed E-state index contributed by atoms with van der Waals surface area (Å²) in [5.74, 6) is 0.663. The van der Waals surface area contributed by atoms with Gasteiger partial charge in [0.25, 0.3) is 0 Å². The van der Waals surface area contributed by atoms with Gasteiger partial charge in [-0.15, -0.1) is 0 Å². The first-order chi connectivity index (χ1) is 8.52. The fourth-order valence-electron chi connectivity index (χ4n) is 1.47. The van der Waals surface area contributed by atoms with Gasteiger partial charge in [-0.25, -0.2) is 4.98 Å². The molecule has 0 spiro atoms. The van der Waals surface area contributed by atoms with Gasteiger partial charge >= 0.3 is 0 Å². The summed E-state index contributed by atoms with van der Waals surface area (Å²) in [4.78, 5) is 4.31. The molecule has 5 heteroatoms. The highest BCUT2D eigenvalue weighted by Crippen LogP contribution is 2.21. The molecular formula is C13H21BrN2O2. The van der Waals surface area contributed by atoms with Crippen molar-refractivity contribution in [3.63, 3.8) is 0 Å². The Balaban J connectivity index is 2.75. The zero-order chi connectivity index (χ0) is 13.5. The van der Waals surface area contributed by atoms with Gasteiger partial charge in [-0.05, 0) is 28.9 Å². The summed E-state index contributed by atoms with van der Waals surface area (Å²) in [5.41, 5.74) is 1.04. The minimum absolute atomic E-state index is 0.0125. The van der Waals surface area contributed by atoms with E-state index in [1.165, 1.54) is 0 Å². The van der Waals surface area contributed by atoms with Crippen LogP contribution in [-0.4, -0.2) is 30.8 Å². The highest BCUT2D eigenvalue weighted by atomic mass is 79.9. The Hall–Kier alpha value is -0.650. The normalized spacial score (nSPS) is 12.8. The number of nitrogens with zero attached hydrogens (tertiary/aromatic N) is 1. The van der Waals surface area contributed by atoms with Crippen molar-refractivity contribution in [3.05, 3.63) is 22.3 Å². The Bertz CT molecular complexity index is 372. The minimum Gasteiger partial charge on any atom is -0.472 e. The maximum atomic E-state index is 5.78. The van der Waals surface area contributed by atoms with E-state index in [1.54, 1.807) is 13.3 Å². The van der Waals surface area contributed by atoms with Crippen LogP contribution in [0.2, 0.25) is 0 Å². The predicted molar refractivity (Wildman–Crippen MR) is 75.9 cm³/mol. The van der Waals surface area contributed by atoms with Crippen LogP contribution in [0.5, 0.6) is 5.88 Å². The third kappa shape index (κ3) is 5.33. The quantitative estimate of drug-likeness (QED) is 0.840. The van der Waals surface area contributed by atoms with Crippen LogP contribution in [0.25, 0.3) is 0 Å². The first-order valence-electron chi connectivity index (χ1n) is 6.06. The minimum atomic E-state index is -0.0125. The second-order valence-electron chi connectivity index (χ2n) is 4.54. The summed E-state index contributed by atoms with van der Waals surface area (Å²) in [6, 6.07) is 2.45. The number of methoxy groups -OCH3 is 1. The lowest BCUT2D eigenvalue weighted by molar-refractivity contribution is 0.0881. The smallest absolute Gasteiger partial charge is 0.218 e. The molecule has 0 bridgehead atoms. The van der Waals surface area contributed by atoms with E-state index < -0.39 is 0 Å². The molecule has 0 fully saturated rings. The van der Waals surface area contributed by atoms with Crippen molar-refractivity contribution < 1.29 is 9.47 Å². The molecule has 1 aromatic rings. The monoisotopic (exact) mass is 316 g/mol. The van der Waals surface area contributed by atoms with E-state index in [0.717, 1.165) is 16.6 Å². The predicted octanol–water partition coefficient (Wildman–Crippen LogP) is 2.76. The summed E-state index contributed by atoms with van der Waals surface area (Å²) in [5, 5.41) is 3.36. The lowest BCUT2D eigenvalue weighted by atomic mass is 10.2. The summed E-state index contributed by atoms with van der Waals surface area (Å²) in [6.07, 6.45) is 1.73. The molecular weight excluding hydrogens is 296 g/mol. The highest BCUT2D eigenvalue weighted by Gasteiger charge is 2.11. The molecule has 4 nitrogen and oxygen atoms in total. The molecule has 102 valence electrons. The van der Waals surface area contributed by atoms with Gasteiger partial charge in [0.05, 0.1) is 6.61 Å². The molecule has 18 heavy (non-hydrogen) atoms. The van der Waals surface area contributed by atoms with Gasteiger partial charge in [-0.1, -0.05) is 13.8 Å². The number of ether oxygens (including phenoxy) is 2. The van der Waals surface area contributed by atoms with Crippen molar-refractivity contribution in [2.75, 3.05) is 13.7 Å². The SMILES string of the molecule is COCC(C)Oc1ncc(Br)cc1CNC(C)C. The third-order valence-electron chi connectivity index (χ3n) is 2.31. The molecule has 0 saturated carbocycles. The van der Waals surface area contributed by atoms with Crippen LogP contribution in [-0.2, 0) is 11.3 Å². The number of pyridine rings is 1. The zero-order valence-electron chi connectivity index (χ0n) is 11.4. The van der Waals surface area contributed by atoms with E-state index in [4.69, 9.17) is 9.47 Å². The van der Waals surface area contributed by atoms with Crippen molar-refractivity contribution in [2.24, 2.45) is 0 Å². The standard InChI is InChI=1S/C13H21BrN2O2/c1-9(2)15-6-11-5-12(14)7-16-13(11)18-10(3)8-17-4/h5,7,9-10,15H,6,8H2,1-4H3. The van der Waals surface area contributed by atoms with Crippen LogP contribution in [0.3, 0.4) is 0 Å². The second kappa shape index (κ2) is 7.71. The number of hydrogen-bond acceptors (Lipinski definition) is 4. The van der Waals surface area contributed by atoms with Crippen molar-refractivity contribution in [1.82, 2.24) is 10.3 Å². The van der Waals surface area contributed by atoms with Crippen LogP contribution in [0.15, 0.2) is 16.7 Å². The fraction of sp³-hybridized carbons (Fsp3) is 0.615. The number of hydrogen-bond donors (Lipinski definition) is 1. The van der Waals surface area contributed by atoms with E-state index in [-0.39, 0.29) is 6.10 Å². The number of nitrogens with one attached hydrogen (secondary N) is 1. The first-order valence-corrected chi connectivity index (χ1v) is 6.85. The maximum Gasteiger partial charge on any atom is 0.218 e. The number of halogens is 1. The van der Waals surface area contributed by atoms with Gasteiger partial charge in [0, 0.05) is 35.9 Å². The number of rotatable bonds is 7. The lowest BCUT2D eigenvalue weighted by Crippen LogP contribution is -2.24. The Kier molecular flexibility index (Phi) is 6.60. The van der Waals surface area contributed by atoms with Crippen LogP contribution in [0, 0.1) is 0 Å². The van der Waals surface area contributed by atoms with Gasteiger partial charge in [-0.2, -0.15) is 0 Å². The van der Waals surface area contributed by atoms with E-state index in [2.05, 4.69) is 40.1 Å². The second-order valence-corrected chi connectivity index (χ2v) is 5.45. The molecule has 0 aliphatic rings. The van der Waals surface area contributed by atoms with Gasteiger partial charge in [0.1, 0.15) is 6.10 Å². The van der Waals surface area contributed by atoms with Gasteiger partial charge < -0.3 is 14.8 Å². The molecule has 0 aliphatic heterocycles. The molecule has 1 heterocycles. The molecule has 1 atom stereocenters. The van der Waals surface area contributed by atoms with E-state index >= 15 is 0 Å². The molecule has 1 rings (SSSR count). The van der Waals surface area contributed by atoms with Crippen molar-refractivity contribution in [2.45, 2.75) is 39.5 Å². The Morgan fingerprint density at radius 1 is 1.39 bits per heavy atom. The Morgan fingerprint density at radius 3 is 2.72 bits per heavy atom. The van der Waals surface area contributed by atoms with Crippen LogP contribution < -0.4 is 10.1 Å². The van der Waals surface area contributed by atoms with E-state index in [9.17, 15) is 0 Å². The summed E-state index contributed by atoms with van der Waals surface area (Å²) in [6.45, 7) is 7.47. The average molecular weight is 317 g/mol. The topological polar surface area (TPSA) is 43.4 Å². The number of aromatic nitrogens is 1. The van der Waals surface area contributed by atoms with E-state index in [0.29, 0.717) is 18.5 Å². The molecule has 1 aromatic heterocycles. The van der Waals surface area contributed by atoms with Crippen molar-refractivity contribution >= 4 is 15.9 Å². The molecule has 0 radical (unpaired) electrons. The molecule has 0 amide bonds. The fourth-order valence-corrected chi connectivity index (χ4v) is 1.85. The van der Waals surface area contributed by atoms with Crippen molar-refractivity contribution in [1.29, 1.82) is 0 Å². The largest absolute Gasteiger partial charge is 0.472 e. The van der Waals surface area contributed by atoms with Crippen LogP contribution in [0.4, 0.5) is 0 Å². The van der Waals surface area contributed by atoms with Crippen LogP contribution in [0.1, 0.15) is 26.3 Å². The van der Waals surface area contributed by atoms with Crippen LogP contribution >= 0.6 is 15.9 Å². The summed E-state index contributed by atoms with van der Waals surface area (Å²) < 4.78 is 11.8. The Labute approximate surface area is 117 Å². The molecule has 1 N–H and O–H groups in total. The molecule has 1 unspecified atom stereocenters. The third-order valence-corrected chi connectivity index (χ3v) is 2.74. The summed E-state index contributed by atoms with van der Waals surface area (Å²) >= 11 is 3.43. The highest BCUT2D eigenvalue weighted by molar-refractivity contribution is 9.10. The molecule has 0 saturated heterocycles. The molecule has 0 aromatic carbocycles. The van der Waals surface area contributed by atoms with Crippen molar-refractivity contribution in [3.8, 4) is 5.88 Å². The van der Waals surface area contributed by atoms with Gasteiger partial charge in [0.2, 0.25) is 5.88 Å². The molecule has 0 aliphatic carbocycles. The van der Waals surface area contributed by atoms with Gasteiger partial charge in [0.15, 0.2) is 0 Å². The average Bonchev–Trinajstić information content (AvgIpc) is 2.29. The summed E-state index contributed by atoms with van der Waals surface area (Å²) in [7, 11) is 1.66. The lowest BCUT2D eigenvalue weighted by Gasteiger charge is -2.17. The van der Waals surface area contributed by atoms with Gasteiger partial charge in [-0.3, -0.25) is 0 Å².